The minimum Gasteiger partial charge on any atom is -0.495 e. The predicted octanol–water partition coefficient (Wildman–Crippen LogP) is 2.78. The molecule has 0 atom stereocenters. The Kier molecular flexibility index (Phi) is 5.67. The summed E-state index contributed by atoms with van der Waals surface area (Å²) >= 11 is 0. The highest BCUT2D eigenvalue weighted by atomic mass is 16.6. The Bertz CT molecular complexity index is 452. The van der Waals surface area contributed by atoms with Crippen molar-refractivity contribution in [3.8, 4) is 11.5 Å². The van der Waals surface area contributed by atoms with Gasteiger partial charge in [-0.3, -0.25) is 4.79 Å². The van der Waals surface area contributed by atoms with Gasteiger partial charge in [-0.1, -0.05) is 0 Å². The number of rotatable bonds is 6. The molecule has 1 aromatic rings. The zero-order chi connectivity index (χ0) is 15.2. The van der Waals surface area contributed by atoms with Gasteiger partial charge in [-0.15, -0.1) is 0 Å². The van der Waals surface area contributed by atoms with Gasteiger partial charge in [0.2, 0.25) is 0 Å². The number of carbonyl (C=O) groups is 1. The van der Waals surface area contributed by atoms with Crippen LogP contribution < -0.4 is 15.2 Å². The van der Waals surface area contributed by atoms with Crippen LogP contribution in [-0.4, -0.2) is 25.3 Å². The lowest BCUT2D eigenvalue weighted by Crippen LogP contribution is -2.23. The molecule has 1 aromatic carbocycles. The molecule has 0 saturated heterocycles. The zero-order valence-corrected chi connectivity index (χ0v) is 12.6. The van der Waals surface area contributed by atoms with Crippen molar-refractivity contribution in [2.24, 2.45) is 0 Å². The average Bonchev–Trinajstić information content (AvgIpc) is 2.33. The summed E-state index contributed by atoms with van der Waals surface area (Å²) in [6, 6.07) is 5.23. The monoisotopic (exact) mass is 281 g/mol. The Balaban J connectivity index is 2.31. The Hall–Kier alpha value is -1.91. The van der Waals surface area contributed by atoms with Crippen LogP contribution >= 0.6 is 0 Å². The first-order valence-electron chi connectivity index (χ1n) is 6.60. The second kappa shape index (κ2) is 7.03. The first-order valence-corrected chi connectivity index (χ1v) is 6.60. The van der Waals surface area contributed by atoms with Crippen LogP contribution in [0.5, 0.6) is 11.5 Å². The van der Waals surface area contributed by atoms with E-state index in [-0.39, 0.29) is 5.97 Å². The van der Waals surface area contributed by atoms with Crippen molar-refractivity contribution in [1.82, 2.24) is 0 Å². The second-order valence-electron chi connectivity index (χ2n) is 5.44. The number of nitrogen functional groups attached to an aromatic ring is 1. The first kappa shape index (κ1) is 16.1. The number of benzene rings is 1. The summed E-state index contributed by atoms with van der Waals surface area (Å²) in [6.45, 7) is 5.98. The van der Waals surface area contributed by atoms with Gasteiger partial charge in [-0.05, 0) is 39.3 Å². The third-order valence-corrected chi connectivity index (χ3v) is 2.42. The summed E-state index contributed by atoms with van der Waals surface area (Å²) in [7, 11) is 1.56. The van der Waals surface area contributed by atoms with Crippen LogP contribution in [0.25, 0.3) is 0 Å². The predicted molar refractivity (Wildman–Crippen MR) is 78.0 cm³/mol. The Labute approximate surface area is 120 Å². The van der Waals surface area contributed by atoms with Gasteiger partial charge in [0.25, 0.3) is 0 Å². The molecule has 112 valence electrons. The maximum absolute atomic E-state index is 11.5. The van der Waals surface area contributed by atoms with Gasteiger partial charge in [0.15, 0.2) is 0 Å². The second-order valence-corrected chi connectivity index (χ2v) is 5.44. The Morgan fingerprint density at radius 2 is 2.00 bits per heavy atom. The molecule has 0 aliphatic carbocycles. The van der Waals surface area contributed by atoms with E-state index in [2.05, 4.69) is 0 Å². The summed E-state index contributed by atoms with van der Waals surface area (Å²) in [4.78, 5) is 11.5. The number of carbonyl (C=O) groups excluding carboxylic acids is 1. The zero-order valence-electron chi connectivity index (χ0n) is 12.6. The lowest BCUT2D eigenvalue weighted by molar-refractivity contribution is -0.155. The Morgan fingerprint density at radius 1 is 1.30 bits per heavy atom. The average molecular weight is 281 g/mol. The summed E-state index contributed by atoms with van der Waals surface area (Å²) in [5.74, 6) is 1.06. The number of ether oxygens (including phenoxy) is 3. The van der Waals surface area contributed by atoms with Crippen molar-refractivity contribution >= 4 is 11.7 Å². The topological polar surface area (TPSA) is 70.8 Å². The fraction of sp³-hybridized carbons (Fsp3) is 0.533. The molecule has 0 amide bonds. The van der Waals surface area contributed by atoms with E-state index in [1.54, 1.807) is 25.3 Å². The highest BCUT2D eigenvalue weighted by Crippen LogP contribution is 2.26. The highest BCUT2D eigenvalue weighted by molar-refractivity contribution is 5.69. The van der Waals surface area contributed by atoms with Gasteiger partial charge in [0.05, 0.1) is 19.4 Å². The van der Waals surface area contributed by atoms with Crippen LogP contribution in [-0.2, 0) is 9.53 Å². The fourth-order valence-electron chi connectivity index (χ4n) is 1.60. The minimum absolute atomic E-state index is 0.213. The molecule has 0 heterocycles. The maximum atomic E-state index is 11.5. The van der Waals surface area contributed by atoms with Crippen LogP contribution in [0.2, 0.25) is 0 Å². The molecule has 0 fully saturated rings. The smallest absolute Gasteiger partial charge is 0.306 e. The molecule has 5 nitrogen and oxygen atoms in total. The van der Waals surface area contributed by atoms with Crippen molar-refractivity contribution in [3.63, 3.8) is 0 Å². The van der Waals surface area contributed by atoms with E-state index in [1.807, 2.05) is 20.8 Å². The van der Waals surface area contributed by atoms with Gasteiger partial charge in [-0.2, -0.15) is 0 Å². The molecule has 1 rings (SSSR count). The number of nitrogens with two attached hydrogens (primary N) is 1. The van der Waals surface area contributed by atoms with Gasteiger partial charge in [0, 0.05) is 12.5 Å². The van der Waals surface area contributed by atoms with Crippen molar-refractivity contribution in [2.45, 2.75) is 39.2 Å². The summed E-state index contributed by atoms with van der Waals surface area (Å²) in [5.41, 5.74) is 5.86. The van der Waals surface area contributed by atoms with Crippen molar-refractivity contribution < 1.29 is 19.0 Å². The number of anilines is 1. The van der Waals surface area contributed by atoms with Gasteiger partial charge >= 0.3 is 5.97 Å². The van der Waals surface area contributed by atoms with Crippen LogP contribution in [0.3, 0.4) is 0 Å². The van der Waals surface area contributed by atoms with Crippen LogP contribution in [0.15, 0.2) is 18.2 Å². The summed E-state index contributed by atoms with van der Waals surface area (Å²) in [5, 5.41) is 0. The number of hydrogen-bond acceptors (Lipinski definition) is 5. The number of methoxy groups -OCH3 is 1. The first-order chi connectivity index (χ1) is 9.31. The quantitative estimate of drug-likeness (QED) is 0.493. The third kappa shape index (κ3) is 5.82. The molecule has 5 heteroatoms. The van der Waals surface area contributed by atoms with E-state index in [0.717, 1.165) is 0 Å². The fourth-order valence-corrected chi connectivity index (χ4v) is 1.60. The van der Waals surface area contributed by atoms with Crippen molar-refractivity contribution in [3.05, 3.63) is 18.2 Å². The van der Waals surface area contributed by atoms with E-state index in [1.165, 1.54) is 0 Å². The van der Waals surface area contributed by atoms with Crippen LogP contribution in [0, 0.1) is 0 Å². The molecule has 0 aliphatic heterocycles. The number of esters is 1. The third-order valence-electron chi connectivity index (χ3n) is 2.42. The number of hydrogen-bond donors (Lipinski definition) is 1. The molecule has 0 bridgehead atoms. The van der Waals surface area contributed by atoms with E-state index < -0.39 is 5.60 Å². The Morgan fingerprint density at radius 3 is 2.55 bits per heavy atom. The molecule has 0 spiro atoms. The SMILES string of the molecule is COc1ccc(OCCCC(=O)OC(C)(C)C)cc1N. The molecular weight excluding hydrogens is 258 g/mol. The largest absolute Gasteiger partial charge is 0.495 e. The van der Waals surface area contributed by atoms with Gasteiger partial charge < -0.3 is 19.9 Å². The minimum atomic E-state index is -0.442. The molecule has 0 radical (unpaired) electrons. The van der Waals surface area contributed by atoms with E-state index in [9.17, 15) is 4.79 Å². The van der Waals surface area contributed by atoms with E-state index in [0.29, 0.717) is 36.6 Å². The van der Waals surface area contributed by atoms with Crippen LogP contribution in [0.4, 0.5) is 5.69 Å². The normalized spacial score (nSPS) is 11.0. The summed E-state index contributed by atoms with van der Waals surface area (Å²) < 4.78 is 15.8. The lowest BCUT2D eigenvalue weighted by Gasteiger charge is -2.19. The summed E-state index contributed by atoms with van der Waals surface area (Å²) in [6.07, 6.45) is 0.934. The highest BCUT2D eigenvalue weighted by Gasteiger charge is 2.15. The molecule has 0 aromatic heterocycles. The molecule has 0 aliphatic rings. The molecule has 0 saturated carbocycles. The molecular formula is C15H23NO4. The van der Waals surface area contributed by atoms with E-state index in [4.69, 9.17) is 19.9 Å². The van der Waals surface area contributed by atoms with Crippen molar-refractivity contribution in [1.29, 1.82) is 0 Å². The maximum Gasteiger partial charge on any atom is 0.306 e. The van der Waals surface area contributed by atoms with E-state index >= 15 is 0 Å². The molecule has 20 heavy (non-hydrogen) atoms. The standard InChI is InChI=1S/C15H23NO4/c1-15(2,3)20-14(17)6-5-9-19-11-7-8-13(18-4)12(16)10-11/h7-8,10H,5-6,9,16H2,1-4H3. The molecule has 2 N–H and O–H groups in total. The van der Waals surface area contributed by atoms with Gasteiger partial charge in [-0.25, -0.2) is 0 Å². The van der Waals surface area contributed by atoms with Crippen LogP contribution in [0.1, 0.15) is 33.6 Å². The lowest BCUT2D eigenvalue weighted by atomic mass is 10.2. The van der Waals surface area contributed by atoms with Crippen molar-refractivity contribution in [2.75, 3.05) is 19.5 Å². The molecule has 0 unspecified atom stereocenters. The van der Waals surface area contributed by atoms with Gasteiger partial charge in [0.1, 0.15) is 17.1 Å².